The van der Waals surface area contributed by atoms with Gasteiger partial charge in [-0.3, -0.25) is 19.4 Å². The van der Waals surface area contributed by atoms with E-state index in [-0.39, 0.29) is 23.8 Å². The fourth-order valence-corrected chi connectivity index (χ4v) is 4.76. The largest absolute Gasteiger partial charge is 0.388 e. The van der Waals surface area contributed by atoms with Crippen molar-refractivity contribution >= 4 is 11.7 Å². The number of carbonyl (C=O) groups is 2. The van der Waals surface area contributed by atoms with Crippen LogP contribution >= 0.6 is 0 Å². The molecule has 1 heterocycles. The molecule has 6 heteroatoms. The van der Waals surface area contributed by atoms with Gasteiger partial charge in [-0.05, 0) is 50.2 Å². The molecule has 178 valence electrons. The number of aliphatic hydroxyl groups is 1. The molecule has 33 heavy (non-hydrogen) atoms. The molecule has 0 spiro atoms. The van der Waals surface area contributed by atoms with E-state index in [1.165, 1.54) is 5.56 Å². The van der Waals surface area contributed by atoms with Gasteiger partial charge in [-0.25, -0.2) is 0 Å². The van der Waals surface area contributed by atoms with Crippen LogP contribution in [-0.2, 0) is 13.1 Å². The van der Waals surface area contributed by atoms with Crippen LogP contribution < -0.4 is 0 Å². The molecule has 1 saturated heterocycles. The summed E-state index contributed by atoms with van der Waals surface area (Å²) in [5, 5.41) is 9.01. The van der Waals surface area contributed by atoms with Crippen LogP contribution in [-0.4, -0.2) is 76.4 Å². The Morgan fingerprint density at radius 1 is 0.939 bits per heavy atom. The number of hydrogen-bond donors (Lipinski definition) is 1. The lowest BCUT2D eigenvalue weighted by atomic mass is 10.0. The Hall–Kier alpha value is -2.54. The lowest BCUT2D eigenvalue weighted by Gasteiger charge is -2.44. The van der Waals surface area contributed by atoms with Gasteiger partial charge in [-0.1, -0.05) is 50.2 Å². The third kappa shape index (κ3) is 6.28. The Morgan fingerprint density at radius 2 is 1.58 bits per heavy atom. The zero-order valence-electron chi connectivity index (χ0n) is 20.3. The summed E-state index contributed by atoms with van der Waals surface area (Å²) < 4.78 is 0. The van der Waals surface area contributed by atoms with Gasteiger partial charge in [0.05, 0.1) is 0 Å². The first kappa shape index (κ1) is 25.1. The number of rotatable bonds is 9. The lowest BCUT2D eigenvalue weighted by Crippen LogP contribution is -2.58. The highest BCUT2D eigenvalue weighted by atomic mass is 16.3. The summed E-state index contributed by atoms with van der Waals surface area (Å²) >= 11 is 0. The molecule has 1 amide bonds. The smallest absolute Gasteiger partial charge is 0.254 e. The van der Waals surface area contributed by atoms with E-state index in [1.807, 2.05) is 35.2 Å². The summed E-state index contributed by atoms with van der Waals surface area (Å²) in [7, 11) is 0. The number of nitrogens with zero attached hydrogens (tertiary/aromatic N) is 3. The van der Waals surface area contributed by atoms with E-state index >= 15 is 0 Å². The van der Waals surface area contributed by atoms with Crippen molar-refractivity contribution in [2.24, 2.45) is 0 Å². The van der Waals surface area contributed by atoms with E-state index in [4.69, 9.17) is 5.11 Å². The monoisotopic (exact) mass is 451 g/mol. The van der Waals surface area contributed by atoms with E-state index in [9.17, 15) is 9.59 Å². The molecule has 0 aromatic heterocycles. The van der Waals surface area contributed by atoms with Crippen LogP contribution in [0.25, 0.3) is 0 Å². The molecular formula is C27H37N3O3. The van der Waals surface area contributed by atoms with Gasteiger partial charge in [0.15, 0.2) is 5.78 Å². The first-order valence-corrected chi connectivity index (χ1v) is 12.0. The quantitative estimate of drug-likeness (QED) is 0.592. The molecule has 1 aliphatic heterocycles. The molecular weight excluding hydrogens is 414 g/mol. The molecule has 2 aromatic carbocycles. The Morgan fingerprint density at radius 3 is 2.15 bits per heavy atom. The van der Waals surface area contributed by atoms with Crippen LogP contribution in [0.2, 0.25) is 0 Å². The number of carbonyl (C=O) groups excluding carboxylic acids is 2. The Bertz CT molecular complexity index is 928. The minimum Gasteiger partial charge on any atom is -0.388 e. The standard InChI is InChI=1S/C27H37N3O3/c1-5-28(6-2)18-23-8-7-9-25(14-23)27(33)30-20(3)15-29(16-21(30)4)17-22-10-12-24(13-11-22)26(32)19-31/h7-14,20-21,31H,5-6,15-19H2,1-4H3/t20-,21+. The summed E-state index contributed by atoms with van der Waals surface area (Å²) in [6.45, 7) is 13.3. The van der Waals surface area contributed by atoms with Crippen molar-refractivity contribution in [3.63, 3.8) is 0 Å². The van der Waals surface area contributed by atoms with Crippen LogP contribution in [0.15, 0.2) is 48.5 Å². The minimum atomic E-state index is -0.470. The highest BCUT2D eigenvalue weighted by molar-refractivity contribution is 5.97. The van der Waals surface area contributed by atoms with Crippen LogP contribution in [0, 0.1) is 0 Å². The number of aliphatic hydroxyl groups excluding tert-OH is 1. The zero-order valence-corrected chi connectivity index (χ0v) is 20.3. The Labute approximate surface area is 197 Å². The van der Waals surface area contributed by atoms with Crippen molar-refractivity contribution in [2.45, 2.75) is 52.9 Å². The van der Waals surface area contributed by atoms with E-state index in [0.717, 1.165) is 50.4 Å². The van der Waals surface area contributed by atoms with Gasteiger partial charge in [0, 0.05) is 49.4 Å². The molecule has 1 N–H and O–H groups in total. The molecule has 2 aromatic rings. The normalized spacial score (nSPS) is 19.2. The number of hydrogen-bond acceptors (Lipinski definition) is 5. The van der Waals surface area contributed by atoms with Crippen molar-refractivity contribution in [2.75, 3.05) is 32.8 Å². The average Bonchev–Trinajstić information content (AvgIpc) is 2.82. The van der Waals surface area contributed by atoms with E-state index < -0.39 is 6.61 Å². The third-order valence-corrected chi connectivity index (χ3v) is 6.53. The van der Waals surface area contributed by atoms with Gasteiger partial charge < -0.3 is 10.0 Å². The summed E-state index contributed by atoms with van der Waals surface area (Å²) in [5.41, 5.74) is 3.58. The maximum absolute atomic E-state index is 13.4. The first-order valence-electron chi connectivity index (χ1n) is 12.0. The zero-order chi connectivity index (χ0) is 24.0. The number of benzene rings is 2. The maximum Gasteiger partial charge on any atom is 0.254 e. The summed E-state index contributed by atoms with van der Waals surface area (Å²) in [6, 6.07) is 15.7. The lowest BCUT2D eigenvalue weighted by molar-refractivity contribution is 0.0268. The summed E-state index contributed by atoms with van der Waals surface area (Å²) in [5.74, 6) is -0.167. The average molecular weight is 452 g/mol. The fraction of sp³-hybridized carbons (Fsp3) is 0.481. The van der Waals surface area contributed by atoms with Crippen molar-refractivity contribution in [1.29, 1.82) is 0 Å². The van der Waals surface area contributed by atoms with Crippen LogP contribution in [0.4, 0.5) is 0 Å². The highest BCUT2D eigenvalue weighted by Crippen LogP contribution is 2.22. The summed E-state index contributed by atoms with van der Waals surface area (Å²) in [4.78, 5) is 31.8. The van der Waals surface area contributed by atoms with Gasteiger partial charge in [-0.2, -0.15) is 0 Å². The first-order chi connectivity index (χ1) is 15.9. The van der Waals surface area contributed by atoms with Crippen LogP contribution in [0.3, 0.4) is 0 Å². The van der Waals surface area contributed by atoms with Crippen molar-refractivity contribution in [3.8, 4) is 0 Å². The second-order valence-corrected chi connectivity index (χ2v) is 9.04. The van der Waals surface area contributed by atoms with Gasteiger partial charge in [0.1, 0.15) is 6.61 Å². The molecule has 0 bridgehead atoms. The number of ketones is 1. The number of amides is 1. The molecule has 1 aliphatic rings. The third-order valence-electron chi connectivity index (χ3n) is 6.53. The topological polar surface area (TPSA) is 64.1 Å². The van der Waals surface area contributed by atoms with E-state index in [1.54, 1.807) is 12.1 Å². The predicted octanol–water partition coefficient (Wildman–Crippen LogP) is 3.44. The molecule has 2 atom stereocenters. The molecule has 3 rings (SSSR count). The molecule has 1 fully saturated rings. The van der Waals surface area contributed by atoms with Crippen molar-refractivity contribution in [1.82, 2.24) is 14.7 Å². The second-order valence-electron chi connectivity index (χ2n) is 9.04. The number of piperazine rings is 1. The molecule has 0 saturated carbocycles. The van der Waals surface area contributed by atoms with Crippen molar-refractivity contribution < 1.29 is 14.7 Å². The number of Topliss-reactive ketones (excluding diaryl/α,β-unsaturated/α-hetero) is 1. The molecule has 0 unspecified atom stereocenters. The molecule has 6 nitrogen and oxygen atoms in total. The van der Waals surface area contributed by atoms with Gasteiger partial charge in [-0.15, -0.1) is 0 Å². The minimum absolute atomic E-state index is 0.0999. The van der Waals surface area contributed by atoms with Gasteiger partial charge in [0.25, 0.3) is 5.91 Å². The van der Waals surface area contributed by atoms with Gasteiger partial charge in [0.2, 0.25) is 0 Å². The highest BCUT2D eigenvalue weighted by Gasteiger charge is 2.33. The maximum atomic E-state index is 13.4. The molecule has 0 aliphatic carbocycles. The second kappa shape index (κ2) is 11.5. The Balaban J connectivity index is 1.65. The Kier molecular flexibility index (Phi) is 8.78. The molecule has 0 radical (unpaired) electrons. The SMILES string of the molecule is CCN(CC)Cc1cccc(C(=O)N2[C@H](C)CN(Cc3ccc(C(=O)CO)cc3)C[C@@H]2C)c1. The fourth-order valence-electron chi connectivity index (χ4n) is 4.76. The van der Waals surface area contributed by atoms with Gasteiger partial charge >= 0.3 is 0 Å². The summed E-state index contributed by atoms with van der Waals surface area (Å²) in [6.07, 6.45) is 0. The van der Waals surface area contributed by atoms with Crippen LogP contribution in [0.5, 0.6) is 0 Å². The van der Waals surface area contributed by atoms with E-state index in [2.05, 4.69) is 43.6 Å². The van der Waals surface area contributed by atoms with Crippen LogP contribution in [0.1, 0.15) is 59.5 Å². The predicted molar refractivity (Wildman–Crippen MR) is 131 cm³/mol. The van der Waals surface area contributed by atoms with E-state index in [0.29, 0.717) is 5.56 Å². The van der Waals surface area contributed by atoms with Crippen molar-refractivity contribution in [3.05, 3.63) is 70.8 Å².